The lowest BCUT2D eigenvalue weighted by atomic mass is 10.0. The van der Waals surface area contributed by atoms with Gasteiger partial charge < -0.3 is 14.4 Å². The smallest absolute Gasteiger partial charge is 0.262 e. The third kappa shape index (κ3) is 5.02. The fourth-order valence-electron chi connectivity index (χ4n) is 4.28. The third-order valence-electron chi connectivity index (χ3n) is 6.15. The second-order valence-corrected chi connectivity index (χ2v) is 9.80. The SMILES string of the molecule is CCN1CCc2cc(NS(=O)(=O)c3ccc([C@H]4CCCCO4)cc3)c(OC)nc2CC1. The van der Waals surface area contributed by atoms with Crippen LogP contribution in [0.2, 0.25) is 0 Å². The van der Waals surface area contributed by atoms with Crippen LogP contribution < -0.4 is 9.46 Å². The van der Waals surface area contributed by atoms with Crippen molar-refractivity contribution in [2.24, 2.45) is 0 Å². The first-order valence-corrected chi connectivity index (χ1v) is 12.5. The highest BCUT2D eigenvalue weighted by atomic mass is 32.2. The molecular formula is C23H31N3O4S. The highest BCUT2D eigenvalue weighted by molar-refractivity contribution is 7.92. The van der Waals surface area contributed by atoms with Gasteiger partial charge in [0.2, 0.25) is 5.88 Å². The second-order valence-electron chi connectivity index (χ2n) is 8.12. The molecule has 1 atom stereocenters. The summed E-state index contributed by atoms with van der Waals surface area (Å²) >= 11 is 0. The maximum absolute atomic E-state index is 13.1. The van der Waals surface area contributed by atoms with E-state index in [2.05, 4.69) is 21.5 Å². The van der Waals surface area contributed by atoms with Gasteiger partial charge in [-0.1, -0.05) is 19.1 Å². The number of pyridine rings is 1. The van der Waals surface area contributed by atoms with Crippen molar-refractivity contribution in [3.63, 3.8) is 0 Å². The van der Waals surface area contributed by atoms with Gasteiger partial charge >= 0.3 is 0 Å². The normalized spacial score (nSPS) is 20.0. The van der Waals surface area contributed by atoms with Crippen molar-refractivity contribution in [3.8, 4) is 5.88 Å². The van der Waals surface area contributed by atoms with Crippen LogP contribution >= 0.6 is 0 Å². The van der Waals surface area contributed by atoms with Crippen LogP contribution in [0.4, 0.5) is 5.69 Å². The first-order valence-electron chi connectivity index (χ1n) is 11.0. The summed E-state index contributed by atoms with van der Waals surface area (Å²) in [5, 5.41) is 0. The van der Waals surface area contributed by atoms with Crippen molar-refractivity contribution in [2.45, 2.75) is 50.0 Å². The Kier molecular flexibility index (Phi) is 6.79. The minimum Gasteiger partial charge on any atom is -0.479 e. The first kappa shape index (κ1) is 22.0. The molecule has 0 saturated carbocycles. The molecule has 0 unspecified atom stereocenters. The van der Waals surface area contributed by atoms with E-state index in [1.807, 2.05) is 18.2 Å². The Morgan fingerprint density at radius 3 is 2.65 bits per heavy atom. The van der Waals surface area contributed by atoms with E-state index in [-0.39, 0.29) is 11.0 Å². The molecule has 2 aliphatic heterocycles. The van der Waals surface area contributed by atoms with E-state index < -0.39 is 10.0 Å². The summed E-state index contributed by atoms with van der Waals surface area (Å²) < 4.78 is 40.0. The fraction of sp³-hybridized carbons (Fsp3) is 0.522. The maximum atomic E-state index is 13.1. The molecule has 8 heteroatoms. The summed E-state index contributed by atoms with van der Waals surface area (Å²) in [7, 11) is -2.25. The number of hydrogen-bond donors (Lipinski definition) is 1. The van der Waals surface area contributed by atoms with Gasteiger partial charge in [-0.15, -0.1) is 0 Å². The molecule has 31 heavy (non-hydrogen) atoms. The van der Waals surface area contributed by atoms with Crippen LogP contribution in [0.1, 0.15) is 49.1 Å². The summed E-state index contributed by atoms with van der Waals surface area (Å²) in [6.45, 7) is 5.78. The van der Waals surface area contributed by atoms with E-state index in [0.717, 1.165) is 75.2 Å². The zero-order chi connectivity index (χ0) is 21.8. The Morgan fingerprint density at radius 1 is 1.19 bits per heavy atom. The Morgan fingerprint density at radius 2 is 1.97 bits per heavy atom. The average Bonchev–Trinajstić information content (AvgIpc) is 3.00. The highest BCUT2D eigenvalue weighted by Crippen LogP contribution is 2.31. The number of sulfonamides is 1. The van der Waals surface area contributed by atoms with Gasteiger partial charge in [0.15, 0.2) is 0 Å². The number of aromatic nitrogens is 1. The summed E-state index contributed by atoms with van der Waals surface area (Å²) in [5.41, 5.74) is 3.45. The monoisotopic (exact) mass is 445 g/mol. The second kappa shape index (κ2) is 9.54. The third-order valence-corrected chi connectivity index (χ3v) is 7.53. The van der Waals surface area contributed by atoms with Crippen LogP contribution in [0.3, 0.4) is 0 Å². The van der Waals surface area contributed by atoms with Gasteiger partial charge in [-0.25, -0.2) is 13.4 Å². The van der Waals surface area contributed by atoms with E-state index in [9.17, 15) is 8.42 Å². The van der Waals surface area contributed by atoms with Gasteiger partial charge in [0, 0.05) is 31.8 Å². The predicted octanol–water partition coefficient (Wildman–Crippen LogP) is 3.55. The summed E-state index contributed by atoms with van der Waals surface area (Å²) in [6.07, 6.45) is 4.91. The molecule has 0 bridgehead atoms. The van der Waals surface area contributed by atoms with Gasteiger partial charge in [-0.05, 0) is 61.6 Å². The van der Waals surface area contributed by atoms with Crippen LogP contribution in [0.25, 0.3) is 0 Å². The van der Waals surface area contributed by atoms with Crippen LogP contribution in [0.15, 0.2) is 35.2 Å². The molecule has 1 fully saturated rings. The average molecular weight is 446 g/mol. The molecule has 0 radical (unpaired) electrons. The van der Waals surface area contributed by atoms with Crippen molar-refractivity contribution in [2.75, 3.05) is 38.1 Å². The molecule has 0 amide bonds. The van der Waals surface area contributed by atoms with Gasteiger partial charge in [-0.3, -0.25) is 4.72 Å². The number of benzene rings is 1. The molecular weight excluding hydrogens is 414 g/mol. The van der Waals surface area contributed by atoms with E-state index in [1.54, 1.807) is 12.1 Å². The van der Waals surface area contributed by atoms with E-state index in [4.69, 9.17) is 9.47 Å². The maximum Gasteiger partial charge on any atom is 0.262 e. The zero-order valence-electron chi connectivity index (χ0n) is 18.3. The van der Waals surface area contributed by atoms with Crippen LogP contribution in [0.5, 0.6) is 5.88 Å². The lowest BCUT2D eigenvalue weighted by molar-refractivity contribution is 0.0149. The quantitative estimate of drug-likeness (QED) is 0.732. The van der Waals surface area contributed by atoms with Crippen LogP contribution in [-0.2, 0) is 27.6 Å². The summed E-state index contributed by atoms with van der Waals surface area (Å²) in [4.78, 5) is 7.20. The van der Waals surface area contributed by atoms with Crippen LogP contribution in [-0.4, -0.2) is 51.7 Å². The largest absolute Gasteiger partial charge is 0.479 e. The molecule has 1 aromatic carbocycles. The van der Waals surface area contributed by atoms with Crippen molar-refractivity contribution >= 4 is 15.7 Å². The Hall–Kier alpha value is -2.16. The van der Waals surface area contributed by atoms with Crippen molar-refractivity contribution < 1.29 is 17.9 Å². The first-order chi connectivity index (χ1) is 15.0. The number of fused-ring (bicyclic) bond motifs is 1. The molecule has 0 spiro atoms. The van der Waals surface area contributed by atoms with E-state index in [0.29, 0.717) is 11.6 Å². The Balaban J connectivity index is 1.55. The Bertz CT molecular complexity index is 1000. The molecule has 3 heterocycles. The van der Waals surface area contributed by atoms with Crippen LogP contribution in [0, 0.1) is 0 Å². The van der Waals surface area contributed by atoms with Crippen molar-refractivity contribution in [1.29, 1.82) is 0 Å². The van der Waals surface area contributed by atoms with Gasteiger partial charge in [0.05, 0.1) is 18.1 Å². The minimum atomic E-state index is -3.77. The highest BCUT2D eigenvalue weighted by Gasteiger charge is 2.22. The molecule has 1 aromatic heterocycles. The summed E-state index contributed by atoms with van der Waals surface area (Å²) in [6, 6.07) is 8.84. The van der Waals surface area contributed by atoms with Gasteiger partial charge in [0.1, 0.15) is 5.69 Å². The van der Waals surface area contributed by atoms with E-state index in [1.165, 1.54) is 7.11 Å². The number of nitrogens with one attached hydrogen (secondary N) is 1. The van der Waals surface area contributed by atoms with Crippen molar-refractivity contribution in [3.05, 3.63) is 47.2 Å². The molecule has 2 aliphatic rings. The fourth-order valence-corrected chi connectivity index (χ4v) is 5.32. The molecule has 1 N–H and O–H groups in total. The molecule has 2 aromatic rings. The van der Waals surface area contributed by atoms with Crippen molar-refractivity contribution in [1.82, 2.24) is 9.88 Å². The number of hydrogen-bond acceptors (Lipinski definition) is 6. The topological polar surface area (TPSA) is 80.8 Å². The summed E-state index contributed by atoms with van der Waals surface area (Å²) in [5.74, 6) is 0.305. The number of likely N-dealkylation sites (N-methyl/N-ethyl adjacent to an activating group) is 1. The number of ether oxygens (including phenoxy) is 2. The van der Waals surface area contributed by atoms with Gasteiger partial charge in [0.25, 0.3) is 10.0 Å². The number of methoxy groups -OCH3 is 1. The molecule has 7 nitrogen and oxygen atoms in total. The molecule has 1 saturated heterocycles. The zero-order valence-corrected chi connectivity index (χ0v) is 19.1. The number of nitrogens with zero attached hydrogens (tertiary/aromatic N) is 2. The number of rotatable bonds is 6. The van der Waals surface area contributed by atoms with Gasteiger partial charge in [-0.2, -0.15) is 0 Å². The number of anilines is 1. The lowest BCUT2D eigenvalue weighted by Crippen LogP contribution is -2.25. The standard InChI is InChI=1S/C23H31N3O4S/c1-3-26-13-11-18-16-21(23(29-2)24-20(18)12-14-26)25-31(27,28)19-9-7-17(8-10-19)22-6-4-5-15-30-22/h7-10,16,22,25H,3-6,11-15H2,1-2H3/t22-/m1/s1. The molecule has 0 aliphatic carbocycles. The minimum absolute atomic E-state index is 0.0509. The molecule has 168 valence electrons. The molecule has 4 rings (SSSR count). The lowest BCUT2D eigenvalue weighted by Gasteiger charge is -2.23. The Labute approximate surface area is 184 Å². The predicted molar refractivity (Wildman–Crippen MR) is 120 cm³/mol. The van der Waals surface area contributed by atoms with E-state index >= 15 is 0 Å².